The molecule has 0 unspecified atom stereocenters. The van der Waals surface area contributed by atoms with Crippen LogP contribution in [0.5, 0.6) is 0 Å². The number of benzene rings is 2. The Hall–Kier alpha value is -0.840. The first kappa shape index (κ1) is 12.2. The van der Waals surface area contributed by atoms with E-state index in [0.29, 0.717) is 5.02 Å². The summed E-state index contributed by atoms with van der Waals surface area (Å²) in [6.45, 7) is 0. The zero-order chi connectivity index (χ0) is 12.7. The number of fused-ring (bicyclic) bond motifs is 1. The van der Waals surface area contributed by atoms with Crippen LogP contribution in [0.4, 0.5) is 0 Å². The summed E-state index contributed by atoms with van der Waals surface area (Å²) in [5.74, 6) is 0.803. The first-order valence-corrected chi connectivity index (χ1v) is 7.21. The van der Waals surface area contributed by atoms with E-state index in [1.165, 1.54) is 0 Å². The van der Waals surface area contributed by atoms with E-state index < -0.39 is 0 Å². The molecule has 3 rings (SSSR count). The Bertz CT molecular complexity index is 737. The minimum absolute atomic E-state index is 0.633. The number of rotatable bonds is 1. The van der Waals surface area contributed by atoms with Crippen molar-refractivity contribution in [1.82, 2.24) is 9.97 Å². The van der Waals surface area contributed by atoms with Crippen LogP contribution in [0, 0.1) is 0 Å². The lowest BCUT2D eigenvalue weighted by atomic mass is 10.2. The van der Waals surface area contributed by atoms with E-state index in [1.54, 1.807) is 0 Å². The number of hydrogen-bond acceptors (Lipinski definition) is 1. The number of nitrogens with zero attached hydrogens (tertiary/aromatic N) is 1. The Morgan fingerprint density at radius 3 is 2.67 bits per heavy atom. The molecule has 1 aromatic heterocycles. The molecule has 0 atom stereocenters. The largest absolute Gasteiger partial charge is 0.338 e. The monoisotopic (exact) mass is 384 g/mol. The average molecular weight is 386 g/mol. The van der Waals surface area contributed by atoms with Gasteiger partial charge < -0.3 is 4.98 Å². The lowest BCUT2D eigenvalue weighted by Gasteiger charge is -1.98. The summed E-state index contributed by atoms with van der Waals surface area (Å²) in [4.78, 5) is 7.82. The maximum absolute atomic E-state index is 6.18. The minimum Gasteiger partial charge on any atom is -0.338 e. The van der Waals surface area contributed by atoms with Crippen LogP contribution in [0.25, 0.3) is 22.4 Å². The van der Waals surface area contributed by atoms with Crippen LogP contribution in [0.15, 0.2) is 45.3 Å². The number of imidazole rings is 1. The first-order valence-electron chi connectivity index (χ1n) is 5.25. The van der Waals surface area contributed by atoms with E-state index in [-0.39, 0.29) is 0 Å². The molecule has 0 aliphatic heterocycles. The van der Waals surface area contributed by atoms with Gasteiger partial charge in [-0.3, -0.25) is 0 Å². The maximum Gasteiger partial charge on any atom is 0.139 e. The molecular formula is C13H7Br2ClN2. The van der Waals surface area contributed by atoms with Crippen molar-refractivity contribution >= 4 is 54.5 Å². The van der Waals surface area contributed by atoms with Gasteiger partial charge in [0.1, 0.15) is 11.3 Å². The summed E-state index contributed by atoms with van der Waals surface area (Å²) >= 11 is 13.1. The fourth-order valence-electron chi connectivity index (χ4n) is 1.82. The van der Waals surface area contributed by atoms with E-state index in [4.69, 9.17) is 11.6 Å². The van der Waals surface area contributed by atoms with Crippen molar-refractivity contribution in [3.8, 4) is 11.4 Å². The van der Waals surface area contributed by atoms with E-state index in [2.05, 4.69) is 41.8 Å². The van der Waals surface area contributed by atoms with Crippen molar-refractivity contribution in [2.45, 2.75) is 0 Å². The molecule has 0 spiro atoms. The molecule has 0 aliphatic carbocycles. The minimum atomic E-state index is 0.633. The van der Waals surface area contributed by atoms with Gasteiger partial charge in [-0.15, -0.1) is 0 Å². The van der Waals surface area contributed by atoms with Gasteiger partial charge in [0.05, 0.1) is 10.5 Å². The van der Waals surface area contributed by atoms with Crippen LogP contribution in [0.2, 0.25) is 5.02 Å². The van der Waals surface area contributed by atoms with Crippen molar-refractivity contribution in [2.24, 2.45) is 0 Å². The standard InChI is InChI=1S/C13H7Br2ClN2/c14-7-5-10(16)12-11(6-7)17-13(18-12)8-3-1-2-4-9(8)15/h1-6H,(H,17,18). The Kier molecular flexibility index (Phi) is 3.18. The van der Waals surface area contributed by atoms with E-state index >= 15 is 0 Å². The number of H-pyrrole nitrogens is 1. The Labute approximate surface area is 126 Å². The number of hydrogen-bond donors (Lipinski definition) is 1. The van der Waals surface area contributed by atoms with Crippen molar-refractivity contribution in [2.75, 3.05) is 0 Å². The van der Waals surface area contributed by atoms with Crippen molar-refractivity contribution in [1.29, 1.82) is 0 Å². The van der Waals surface area contributed by atoms with Gasteiger partial charge in [-0.2, -0.15) is 0 Å². The second kappa shape index (κ2) is 4.68. The van der Waals surface area contributed by atoms with Gasteiger partial charge in [0, 0.05) is 14.5 Å². The molecule has 90 valence electrons. The highest BCUT2D eigenvalue weighted by Crippen LogP contribution is 2.31. The van der Waals surface area contributed by atoms with Crippen molar-refractivity contribution < 1.29 is 0 Å². The van der Waals surface area contributed by atoms with Gasteiger partial charge in [0.25, 0.3) is 0 Å². The zero-order valence-electron chi connectivity index (χ0n) is 9.05. The fraction of sp³-hybridized carbons (Fsp3) is 0. The molecule has 1 N–H and O–H groups in total. The molecule has 2 nitrogen and oxygen atoms in total. The molecule has 0 bridgehead atoms. The molecule has 3 aromatic rings. The van der Waals surface area contributed by atoms with E-state index in [9.17, 15) is 0 Å². The Morgan fingerprint density at radius 1 is 1.11 bits per heavy atom. The Balaban J connectivity index is 2.26. The number of nitrogens with one attached hydrogen (secondary N) is 1. The summed E-state index contributed by atoms with van der Waals surface area (Å²) in [5, 5.41) is 0.633. The third-order valence-electron chi connectivity index (χ3n) is 2.63. The first-order chi connectivity index (χ1) is 8.65. The van der Waals surface area contributed by atoms with Gasteiger partial charge in [-0.25, -0.2) is 4.98 Å². The van der Waals surface area contributed by atoms with Crippen LogP contribution in [0.3, 0.4) is 0 Å². The summed E-state index contributed by atoms with van der Waals surface area (Å²) < 4.78 is 1.93. The zero-order valence-corrected chi connectivity index (χ0v) is 13.0. The van der Waals surface area contributed by atoms with Crippen LogP contribution in [-0.4, -0.2) is 9.97 Å². The predicted octanol–water partition coefficient (Wildman–Crippen LogP) is 5.41. The SMILES string of the molecule is Clc1cc(Br)cc2[nH]c(-c3ccccc3Br)nc12. The molecule has 0 aliphatic rings. The molecule has 1 heterocycles. The Morgan fingerprint density at radius 2 is 1.89 bits per heavy atom. The van der Waals surface area contributed by atoms with E-state index in [0.717, 1.165) is 31.4 Å². The van der Waals surface area contributed by atoms with Crippen LogP contribution < -0.4 is 0 Å². The number of halogens is 3. The second-order valence-corrected chi connectivity index (χ2v) is 6.03. The predicted molar refractivity (Wildman–Crippen MR) is 81.9 cm³/mol. The normalized spacial score (nSPS) is 11.1. The third-order valence-corrected chi connectivity index (χ3v) is 4.07. The summed E-state index contributed by atoms with van der Waals surface area (Å²) in [5.41, 5.74) is 2.71. The van der Waals surface area contributed by atoms with Gasteiger partial charge in [0.15, 0.2) is 0 Å². The summed E-state index contributed by atoms with van der Waals surface area (Å²) in [6.07, 6.45) is 0. The second-order valence-electron chi connectivity index (χ2n) is 3.85. The lowest BCUT2D eigenvalue weighted by Crippen LogP contribution is -1.81. The van der Waals surface area contributed by atoms with Gasteiger partial charge >= 0.3 is 0 Å². The van der Waals surface area contributed by atoms with Crippen LogP contribution in [-0.2, 0) is 0 Å². The van der Waals surface area contributed by atoms with Gasteiger partial charge in [-0.05, 0) is 18.2 Å². The lowest BCUT2D eigenvalue weighted by molar-refractivity contribution is 1.33. The highest BCUT2D eigenvalue weighted by atomic mass is 79.9. The average Bonchev–Trinajstić information content (AvgIpc) is 2.73. The molecular weight excluding hydrogens is 379 g/mol. The van der Waals surface area contributed by atoms with Gasteiger partial charge in [0.2, 0.25) is 0 Å². The molecule has 5 heteroatoms. The molecule has 0 fully saturated rings. The van der Waals surface area contributed by atoms with Crippen LogP contribution >= 0.6 is 43.5 Å². The quantitative estimate of drug-likeness (QED) is 0.595. The molecule has 2 aromatic carbocycles. The fourth-order valence-corrected chi connectivity index (χ4v) is 3.15. The number of aromatic amines is 1. The molecule has 18 heavy (non-hydrogen) atoms. The highest BCUT2D eigenvalue weighted by molar-refractivity contribution is 9.10. The van der Waals surface area contributed by atoms with Crippen molar-refractivity contribution in [3.05, 3.63) is 50.4 Å². The summed E-state index contributed by atoms with van der Waals surface area (Å²) in [6, 6.07) is 11.7. The van der Waals surface area contributed by atoms with Crippen molar-refractivity contribution in [3.63, 3.8) is 0 Å². The topological polar surface area (TPSA) is 28.7 Å². The molecule has 0 saturated carbocycles. The smallest absolute Gasteiger partial charge is 0.139 e. The third kappa shape index (κ3) is 2.09. The molecule has 0 saturated heterocycles. The summed E-state index contributed by atoms with van der Waals surface area (Å²) in [7, 11) is 0. The molecule has 0 amide bonds. The van der Waals surface area contributed by atoms with E-state index in [1.807, 2.05) is 36.4 Å². The number of aromatic nitrogens is 2. The highest BCUT2D eigenvalue weighted by Gasteiger charge is 2.10. The maximum atomic E-state index is 6.18. The molecule has 0 radical (unpaired) electrons. The van der Waals surface area contributed by atoms with Crippen LogP contribution in [0.1, 0.15) is 0 Å². The van der Waals surface area contributed by atoms with Gasteiger partial charge in [-0.1, -0.05) is 61.7 Å².